The predicted molar refractivity (Wildman–Crippen MR) is 86.6 cm³/mol. The van der Waals surface area contributed by atoms with Crippen molar-refractivity contribution < 1.29 is 0 Å². The number of nitrogens with two attached hydrogens (primary N) is 1. The maximum Gasteiger partial charge on any atom is 0.142 e. The molecule has 4 nitrogen and oxygen atoms in total. The molecule has 0 aromatic carbocycles. The zero-order chi connectivity index (χ0) is 13.7. The summed E-state index contributed by atoms with van der Waals surface area (Å²) < 4.78 is 2.06. The number of pyridine rings is 1. The summed E-state index contributed by atoms with van der Waals surface area (Å²) in [6, 6.07) is 2.05. The van der Waals surface area contributed by atoms with Crippen LogP contribution in [-0.2, 0) is 0 Å². The largest absolute Gasteiger partial charge is 0.354 e. The third kappa shape index (κ3) is 4.41. The zero-order valence-electron chi connectivity index (χ0n) is 11.0. The van der Waals surface area contributed by atoms with E-state index in [9.17, 15) is 0 Å². The summed E-state index contributed by atoms with van der Waals surface area (Å²) in [5.74, 6) is 1.05. The van der Waals surface area contributed by atoms with Gasteiger partial charge < -0.3 is 15.5 Å². The Labute approximate surface area is 131 Å². The highest BCUT2D eigenvalue weighted by molar-refractivity contribution is 9.11. The van der Waals surface area contributed by atoms with Crippen LogP contribution in [0.4, 0.5) is 5.82 Å². The van der Waals surface area contributed by atoms with E-state index in [0.717, 1.165) is 60.5 Å². The lowest BCUT2D eigenvalue weighted by Crippen LogP contribution is -2.32. The third-order valence-corrected chi connectivity index (χ3v) is 4.37. The second-order valence-corrected chi connectivity index (χ2v) is 6.55. The van der Waals surface area contributed by atoms with Gasteiger partial charge in [-0.3, -0.25) is 0 Å². The molecule has 6 heteroatoms. The highest BCUT2D eigenvalue weighted by Gasteiger charge is 2.17. The lowest BCUT2D eigenvalue weighted by molar-refractivity contribution is 0.291. The second-order valence-electron chi connectivity index (χ2n) is 4.78. The maximum absolute atomic E-state index is 5.58. The van der Waals surface area contributed by atoms with Gasteiger partial charge in [0.15, 0.2) is 0 Å². The number of aromatic nitrogens is 1. The summed E-state index contributed by atoms with van der Waals surface area (Å²) in [5, 5.41) is 0. The van der Waals surface area contributed by atoms with Crippen molar-refractivity contribution in [3.63, 3.8) is 0 Å². The Balaban J connectivity index is 1.98. The number of nitrogens with zero attached hydrogens (tertiary/aromatic N) is 3. The Kier molecular flexibility index (Phi) is 6.06. The molecule has 1 fully saturated rings. The minimum atomic E-state index is 0.778. The SMILES string of the molecule is NCCCN1CCCN(c2ncc(Br)cc2Br)CC1. The molecular weight excluding hydrogens is 372 g/mol. The quantitative estimate of drug-likeness (QED) is 0.856. The van der Waals surface area contributed by atoms with Crippen molar-refractivity contribution in [1.82, 2.24) is 9.88 Å². The molecule has 1 aromatic heterocycles. The molecule has 1 aliphatic heterocycles. The molecule has 0 atom stereocenters. The van der Waals surface area contributed by atoms with Gasteiger partial charge in [0.25, 0.3) is 0 Å². The van der Waals surface area contributed by atoms with Crippen LogP contribution >= 0.6 is 31.9 Å². The third-order valence-electron chi connectivity index (χ3n) is 3.35. The first-order valence-corrected chi connectivity index (χ1v) is 8.27. The Morgan fingerprint density at radius 1 is 1.21 bits per heavy atom. The Hall–Kier alpha value is -0.170. The van der Waals surface area contributed by atoms with Crippen molar-refractivity contribution in [2.45, 2.75) is 12.8 Å². The lowest BCUT2D eigenvalue weighted by Gasteiger charge is -2.23. The van der Waals surface area contributed by atoms with Crippen LogP contribution in [-0.4, -0.2) is 49.2 Å². The highest BCUT2D eigenvalue weighted by Crippen LogP contribution is 2.27. The molecule has 1 saturated heterocycles. The fraction of sp³-hybridized carbons (Fsp3) is 0.615. The van der Waals surface area contributed by atoms with Crippen molar-refractivity contribution >= 4 is 37.7 Å². The summed E-state index contributed by atoms with van der Waals surface area (Å²) in [5.41, 5.74) is 5.58. The molecule has 0 saturated carbocycles. The topological polar surface area (TPSA) is 45.4 Å². The first kappa shape index (κ1) is 15.2. The summed E-state index contributed by atoms with van der Waals surface area (Å²) in [6.45, 7) is 6.22. The van der Waals surface area contributed by atoms with Gasteiger partial charge in [0.05, 0.1) is 4.47 Å². The van der Waals surface area contributed by atoms with E-state index in [1.165, 1.54) is 6.42 Å². The standard InChI is InChI=1S/C13H20Br2N4/c14-11-9-12(15)13(17-10-11)19-6-2-5-18(7-8-19)4-1-3-16/h9-10H,1-8,16H2. The molecular formula is C13H20Br2N4. The average Bonchev–Trinajstić information content (AvgIpc) is 2.62. The molecule has 2 N–H and O–H groups in total. The summed E-state index contributed by atoms with van der Waals surface area (Å²) in [6.07, 6.45) is 4.12. The van der Waals surface area contributed by atoms with E-state index in [1.807, 2.05) is 6.20 Å². The molecule has 0 aliphatic carbocycles. The maximum atomic E-state index is 5.58. The monoisotopic (exact) mass is 390 g/mol. The summed E-state index contributed by atoms with van der Waals surface area (Å²) >= 11 is 7.04. The lowest BCUT2D eigenvalue weighted by atomic mass is 10.3. The van der Waals surface area contributed by atoms with Gasteiger partial charge in [0, 0.05) is 30.3 Å². The van der Waals surface area contributed by atoms with Crippen molar-refractivity contribution in [2.24, 2.45) is 5.73 Å². The van der Waals surface area contributed by atoms with Gasteiger partial charge in [-0.25, -0.2) is 4.98 Å². The van der Waals surface area contributed by atoms with Gasteiger partial charge in [0.2, 0.25) is 0 Å². The van der Waals surface area contributed by atoms with E-state index in [0.29, 0.717) is 0 Å². The molecule has 106 valence electrons. The molecule has 1 aliphatic rings. The first-order chi connectivity index (χ1) is 9.20. The molecule has 0 spiro atoms. The van der Waals surface area contributed by atoms with Gasteiger partial charge in [0.1, 0.15) is 5.82 Å². The van der Waals surface area contributed by atoms with E-state index in [2.05, 4.69) is 52.7 Å². The molecule has 19 heavy (non-hydrogen) atoms. The Bertz CT molecular complexity index is 414. The number of anilines is 1. The highest BCUT2D eigenvalue weighted by atomic mass is 79.9. The van der Waals surface area contributed by atoms with Crippen LogP contribution in [0, 0.1) is 0 Å². The van der Waals surface area contributed by atoms with Crippen LogP contribution in [0.2, 0.25) is 0 Å². The predicted octanol–water partition coefficient (Wildman–Crippen LogP) is 2.47. The molecule has 1 aromatic rings. The number of hydrogen-bond donors (Lipinski definition) is 1. The van der Waals surface area contributed by atoms with E-state index < -0.39 is 0 Å². The molecule has 2 heterocycles. The molecule has 0 bridgehead atoms. The summed E-state index contributed by atoms with van der Waals surface area (Å²) in [7, 11) is 0. The van der Waals surface area contributed by atoms with Crippen LogP contribution in [0.5, 0.6) is 0 Å². The van der Waals surface area contributed by atoms with Crippen molar-refractivity contribution in [3.05, 3.63) is 21.2 Å². The minimum Gasteiger partial charge on any atom is -0.354 e. The van der Waals surface area contributed by atoms with E-state index >= 15 is 0 Å². The van der Waals surface area contributed by atoms with Crippen LogP contribution in [0.25, 0.3) is 0 Å². The van der Waals surface area contributed by atoms with Crippen molar-refractivity contribution in [2.75, 3.05) is 44.2 Å². The Morgan fingerprint density at radius 2 is 2.05 bits per heavy atom. The summed E-state index contributed by atoms with van der Waals surface area (Å²) in [4.78, 5) is 9.38. The number of halogens is 2. The Morgan fingerprint density at radius 3 is 2.79 bits per heavy atom. The second kappa shape index (κ2) is 7.57. The fourth-order valence-electron chi connectivity index (χ4n) is 2.36. The van der Waals surface area contributed by atoms with Crippen LogP contribution in [0.1, 0.15) is 12.8 Å². The fourth-order valence-corrected chi connectivity index (χ4v) is 3.60. The van der Waals surface area contributed by atoms with Gasteiger partial charge >= 0.3 is 0 Å². The van der Waals surface area contributed by atoms with Crippen LogP contribution in [0.15, 0.2) is 21.2 Å². The number of hydrogen-bond acceptors (Lipinski definition) is 4. The van der Waals surface area contributed by atoms with E-state index in [-0.39, 0.29) is 0 Å². The zero-order valence-corrected chi connectivity index (χ0v) is 14.2. The average molecular weight is 392 g/mol. The van der Waals surface area contributed by atoms with Crippen LogP contribution < -0.4 is 10.6 Å². The smallest absolute Gasteiger partial charge is 0.142 e. The van der Waals surface area contributed by atoms with E-state index in [1.54, 1.807) is 0 Å². The molecule has 0 amide bonds. The van der Waals surface area contributed by atoms with Crippen molar-refractivity contribution in [3.8, 4) is 0 Å². The van der Waals surface area contributed by atoms with Gasteiger partial charge in [-0.15, -0.1) is 0 Å². The van der Waals surface area contributed by atoms with E-state index in [4.69, 9.17) is 5.73 Å². The normalized spacial score (nSPS) is 17.5. The molecule has 0 unspecified atom stereocenters. The molecule has 2 rings (SSSR count). The van der Waals surface area contributed by atoms with Crippen LogP contribution in [0.3, 0.4) is 0 Å². The van der Waals surface area contributed by atoms with Crippen molar-refractivity contribution in [1.29, 1.82) is 0 Å². The first-order valence-electron chi connectivity index (χ1n) is 6.69. The van der Waals surface area contributed by atoms with Gasteiger partial charge in [-0.1, -0.05) is 0 Å². The van der Waals surface area contributed by atoms with Gasteiger partial charge in [-0.05, 0) is 70.4 Å². The minimum absolute atomic E-state index is 0.778. The van der Waals surface area contributed by atoms with Gasteiger partial charge in [-0.2, -0.15) is 0 Å². The number of rotatable bonds is 4. The molecule has 0 radical (unpaired) electrons.